The highest BCUT2D eigenvalue weighted by molar-refractivity contribution is 5.74. The molecule has 1 aromatic rings. The molecule has 0 amide bonds. The van der Waals surface area contributed by atoms with E-state index in [1.54, 1.807) is 0 Å². The third-order valence-corrected chi connectivity index (χ3v) is 1.90. The highest BCUT2D eigenvalue weighted by Gasteiger charge is 2.15. The molecule has 0 spiro atoms. The van der Waals surface area contributed by atoms with Crippen molar-refractivity contribution in [2.45, 2.75) is 19.1 Å². The van der Waals surface area contributed by atoms with E-state index in [2.05, 4.69) is 0 Å². The minimum Gasteiger partial charge on any atom is -0.459 e. The van der Waals surface area contributed by atoms with Gasteiger partial charge < -0.3 is 14.9 Å². The molecule has 82 valence electrons. The van der Waals surface area contributed by atoms with Gasteiger partial charge in [-0.2, -0.15) is 0 Å². The number of rotatable bonds is 5. The predicted molar refractivity (Wildman–Crippen MR) is 53.9 cm³/mol. The zero-order valence-electron chi connectivity index (χ0n) is 8.30. The maximum atomic E-state index is 11.1. The first-order valence-corrected chi connectivity index (χ1v) is 4.73. The summed E-state index contributed by atoms with van der Waals surface area (Å²) in [6, 6.07) is 9.20. The van der Waals surface area contributed by atoms with Gasteiger partial charge in [0.1, 0.15) is 6.61 Å². The van der Waals surface area contributed by atoms with Crippen LogP contribution >= 0.6 is 0 Å². The second kappa shape index (κ2) is 6.16. The summed E-state index contributed by atoms with van der Waals surface area (Å²) < 4.78 is 4.84. The van der Waals surface area contributed by atoms with Gasteiger partial charge in [-0.05, 0) is 5.56 Å². The van der Waals surface area contributed by atoms with Crippen molar-refractivity contribution < 1.29 is 19.7 Å². The molecule has 0 heterocycles. The van der Waals surface area contributed by atoms with Gasteiger partial charge >= 0.3 is 5.97 Å². The van der Waals surface area contributed by atoms with E-state index in [0.717, 1.165) is 5.56 Å². The average Bonchev–Trinajstić information content (AvgIpc) is 2.27. The zero-order chi connectivity index (χ0) is 11.1. The Bertz CT molecular complexity index is 297. The average molecular weight is 210 g/mol. The highest BCUT2D eigenvalue weighted by atomic mass is 16.5. The van der Waals surface area contributed by atoms with Crippen molar-refractivity contribution in [2.75, 3.05) is 6.61 Å². The number of esters is 1. The third-order valence-electron chi connectivity index (χ3n) is 1.90. The molecule has 2 N–H and O–H groups in total. The lowest BCUT2D eigenvalue weighted by Gasteiger charge is -2.09. The van der Waals surface area contributed by atoms with Crippen molar-refractivity contribution in [3.63, 3.8) is 0 Å². The summed E-state index contributed by atoms with van der Waals surface area (Å²) in [6.07, 6.45) is -1.23. The Labute approximate surface area is 88.1 Å². The molecule has 15 heavy (non-hydrogen) atoms. The molecule has 1 atom stereocenters. The molecule has 1 unspecified atom stereocenters. The molecule has 0 radical (unpaired) electrons. The molecule has 0 aliphatic heterocycles. The maximum Gasteiger partial charge on any atom is 0.335 e. The van der Waals surface area contributed by atoms with Crippen molar-refractivity contribution in [1.29, 1.82) is 0 Å². The van der Waals surface area contributed by atoms with Crippen LogP contribution in [0.1, 0.15) is 12.0 Å². The summed E-state index contributed by atoms with van der Waals surface area (Å²) >= 11 is 0. The molecule has 0 bridgehead atoms. The molecule has 0 aliphatic rings. The van der Waals surface area contributed by atoms with Gasteiger partial charge in [-0.15, -0.1) is 0 Å². The minimum absolute atomic E-state index is 0.00756. The topological polar surface area (TPSA) is 66.8 Å². The number of aliphatic hydroxyl groups excluding tert-OH is 2. The van der Waals surface area contributed by atoms with E-state index >= 15 is 0 Å². The molecule has 4 nitrogen and oxygen atoms in total. The van der Waals surface area contributed by atoms with E-state index < -0.39 is 12.1 Å². The summed E-state index contributed by atoms with van der Waals surface area (Å²) in [5.74, 6) is -0.701. The van der Waals surface area contributed by atoms with Gasteiger partial charge in [-0.3, -0.25) is 0 Å². The van der Waals surface area contributed by atoms with Crippen molar-refractivity contribution >= 4 is 5.97 Å². The number of benzene rings is 1. The van der Waals surface area contributed by atoms with Crippen LogP contribution in [-0.4, -0.2) is 28.9 Å². The normalized spacial score (nSPS) is 12.1. The zero-order valence-corrected chi connectivity index (χ0v) is 8.30. The van der Waals surface area contributed by atoms with E-state index in [1.165, 1.54) is 0 Å². The fourth-order valence-electron chi connectivity index (χ4n) is 1.07. The summed E-state index contributed by atoms with van der Waals surface area (Å²) in [6.45, 7) is -0.0935. The second-order valence-electron chi connectivity index (χ2n) is 3.12. The molecular formula is C11H14O4. The summed E-state index contributed by atoms with van der Waals surface area (Å²) in [5, 5.41) is 17.7. The Hall–Kier alpha value is -1.39. The Kier molecular flexibility index (Phi) is 4.80. The lowest BCUT2D eigenvalue weighted by molar-refractivity contribution is -0.155. The van der Waals surface area contributed by atoms with Crippen LogP contribution in [0.5, 0.6) is 0 Å². The van der Waals surface area contributed by atoms with Gasteiger partial charge in [0.25, 0.3) is 0 Å². The highest BCUT2D eigenvalue weighted by Crippen LogP contribution is 2.02. The van der Waals surface area contributed by atoms with Crippen molar-refractivity contribution in [2.24, 2.45) is 0 Å². The van der Waals surface area contributed by atoms with Gasteiger partial charge in [-0.1, -0.05) is 30.3 Å². The van der Waals surface area contributed by atoms with Gasteiger partial charge in [0.2, 0.25) is 0 Å². The molecule has 1 rings (SSSR count). The van der Waals surface area contributed by atoms with Gasteiger partial charge in [0.15, 0.2) is 6.10 Å². The first-order chi connectivity index (χ1) is 7.24. The minimum atomic E-state index is -1.24. The molecule has 0 saturated heterocycles. The largest absolute Gasteiger partial charge is 0.459 e. The van der Waals surface area contributed by atoms with E-state index in [0.29, 0.717) is 0 Å². The second-order valence-corrected chi connectivity index (χ2v) is 3.12. The van der Waals surface area contributed by atoms with Gasteiger partial charge in [0, 0.05) is 13.0 Å². The summed E-state index contributed by atoms with van der Waals surface area (Å²) in [5.41, 5.74) is 0.863. The Morgan fingerprint density at radius 2 is 2.00 bits per heavy atom. The fourth-order valence-corrected chi connectivity index (χ4v) is 1.07. The van der Waals surface area contributed by atoms with Crippen LogP contribution in [0.25, 0.3) is 0 Å². The van der Waals surface area contributed by atoms with Crippen molar-refractivity contribution in [3.8, 4) is 0 Å². The fraction of sp³-hybridized carbons (Fsp3) is 0.364. The molecule has 0 aliphatic carbocycles. The van der Waals surface area contributed by atoms with Crippen LogP contribution < -0.4 is 0 Å². The standard InChI is InChI=1S/C11H14O4/c12-7-6-10(13)11(14)15-8-9-4-2-1-3-5-9/h1-5,10,12-13H,6-8H2. The van der Waals surface area contributed by atoms with Crippen molar-refractivity contribution in [3.05, 3.63) is 35.9 Å². The predicted octanol–water partition coefficient (Wildman–Crippen LogP) is 0.473. The number of aliphatic hydroxyl groups is 2. The lowest BCUT2D eigenvalue weighted by atomic mass is 10.2. The van der Waals surface area contributed by atoms with Gasteiger partial charge in [-0.25, -0.2) is 4.79 Å². The SMILES string of the molecule is O=C(OCc1ccccc1)C(O)CCO. The van der Waals surface area contributed by atoms with Crippen molar-refractivity contribution in [1.82, 2.24) is 0 Å². The van der Waals surface area contributed by atoms with E-state index in [1.807, 2.05) is 30.3 Å². The first kappa shape index (κ1) is 11.7. The molecule has 0 aromatic heterocycles. The summed E-state index contributed by atoms with van der Waals surface area (Å²) in [7, 11) is 0. The summed E-state index contributed by atoms with van der Waals surface area (Å²) in [4.78, 5) is 11.1. The quantitative estimate of drug-likeness (QED) is 0.693. The molecule has 0 saturated carbocycles. The van der Waals surface area contributed by atoms with Crippen LogP contribution in [0.3, 0.4) is 0 Å². The Morgan fingerprint density at radius 1 is 1.33 bits per heavy atom. The first-order valence-electron chi connectivity index (χ1n) is 4.73. The van der Waals surface area contributed by atoms with Crippen LogP contribution in [0.15, 0.2) is 30.3 Å². The van der Waals surface area contributed by atoms with Crippen LogP contribution in [0, 0.1) is 0 Å². The van der Waals surface area contributed by atoms with E-state index in [9.17, 15) is 4.79 Å². The number of carbonyl (C=O) groups excluding carboxylic acids is 1. The number of ether oxygens (including phenoxy) is 1. The molecular weight excluding hydrogens is 196 g/mol. The van der Waals surface area contributed by atoms with Crippen LogP contribution in [0.2, 0.25) is 0 Å². The van der Waals surface area contributed by atoms with Crippen LogP contribution in [-0.2, 0) is 16.1 Å². The smallest absolute Gasteiger partial charge is 0.335 e. The number of hydrogen-bond acceptors (Lipinski definition) is 4. The Morgan fingerprint density at radius 3 is 2.60 bits per heavy atom. The van der Waals surface area contributed by atoms with E-state index in [4.69, 9.17) is 14.9 Å². The molecule has 1 aromatic carbocycles. The molecule has 4 heteroatoms. The van der Waals surface area contributed by atoms with Gasteiger partial charge in [0.05, 0.1) is 0 Å². The van der Waals surface area contributed by atoms with E-state index in [-0.39, 0.29) is 19.6 Å². The number of carbonyl (C=O) groups is 1. The monoisotopic (exact) mass is 210 g/mol. The van der Waals surface area contributed by atoms with Crippen LogP contribution in [0.4, 0.5) is 0 Å². The molecule has 0 fully saturated rings. The lowest BCUT2D eigenvalue weighted by Crippen LogP contribution is -2.23. The maximum absolute atomic E-state index is 11.1. The third kappa shape index (κ3) is 4.10. The number of hydrogen-bond donors (Lipinski definition) is 2. The Balaban J connectivity index is 2.34.